The summed E-state index contributed by atoms with van der Waals surface area (Å²) in [6, 6.07) is 54.6. The molecule has 3 heteroatoms. The quantitative estimate of drug-likeness (QED) is 0.201. The van der Waals surface area contributed by atoms with Gasteiger partial charge in [-0.1, -0.05) is 127 Å². The normalized spacial score (nSPS) is 13.7. The smallest absolute Gasteiger partial charge is 0.0711 e. The minimum Gasteiger partial charge on any atom is -0.354 e. The first-order valence-electron chi connectivity index (χ1n) is 14.9. The van der Waals surface area contributed by atoms with Crippen molar-refractivity contribution in [1.82, 2.24) is 9.88 Å². The highest BCUT2D eigenvalue weighted by Crippen LogP contribution is 2.39. The topological polar surface area (TPSA) is 40.8 Å². The highest BCUT2D eigenvalue weighted by atomic mass is 15.0. The van der Waals surface area contributed by atoms with Crippen molar-refractivity contribution in [3.63, 3.8) is 0 Å². The minimum atomic E-state index is 0.475. The number of hydrogen-bond donors (Lipinski definition) is 2. The van der Waals surface area contributed by atoms with E-state index in [9.17, 15) is 5.41 Å². The maximum Gasteiger partial charge on any atom is 0.0711 e. The molecule has 0 saturated heterocycles. The third kappa shape index (κ3) is 4.34. The summed E-state index contributed by atoms with van der Waals surface area (Å²) in [5.74, 6) is 0. The highest BCUT2D eigenvalue weighted by molar-refractivity contribution is 6.36. The molecule has 1 aliphatic heterocycles. The zero-order chi connectivity index (χ0) is 29.5. The van der Waals surface area contributed by atoms with Crippen molar-refractivity contribution in [2.24, 2.45) is 0 Å². The number of rotatable bonds is 5. The molecule has 0 radical (unpaired) electrons. The first kappa shape index (κ1) is 25.8. The average molecular weight is 564 g/mol. The van der Waals surface area contributed by atoms with E-state index in [1.807, 2.05) is 36.4 Å². The van der Waals surface area contributed by atoms with E-state index >= 15 is 0 Å². The van der Waals surface area contributed by atoms with E-state index in [-0.39, 0.29) is 0 Å². The number of allylic oxidation sites excluding steroid dienone is 1. The monoisotopic (exact) mass is 563 g/mol. The van der Waals surface area contributed by atoms with Gasteiger partial charge in [-0.2, -0.15) is 0 Å². The molecule has 2 heterocycles. The molecular formula is C41H29N3. The van der Waals surface area contributed by atoms with Gasteiger partial charge >= 0.3 is 0 Å². The van der Waals surface area contributed by atoms with Gasteiger partial charge in [-0.15, -0.1) is 0 Å². The maximum absolute atomic E-state index is 9.66. The Hall–Kier alpha value is -5.93. The molecule has 1 aromatic heterocycles. The third-order valence-corrected chi connectivity index (χ3v) is 8.41. The molecule has 0 aliphatic carbocycles. The van der Waals surface area contributed by atoms with Crippen LogP contribution in [-0.4, -0.2) is 10.3 Å². The van der Waals surface area contributed by atoms with E-state index in [4.69, 9.17) is 0 Å². The van der Waals surface area contributed by atoms with Crippen LogP contribution in [-0.2, 0) is 0 Å². The minimum absolute atomic E-state index is 0.475. The summed E-state index contributed by atoms with van der Waals surface area (Å²) in [4.78, 5) is 0. The van der Waals surface area contributed by atoms with E-state index in [1.165, 1.54) is 5.39 Å². The number of para-hydroxylation sites is 2. The molecule has 44 heavy (non-hydrogen) atoms. The Kier molecular flexibility index (Phi) is 6.28. The number of fused-ring (bicyclic) bond motifs is 4. The second kappa shape index (κ2) is 10.7. The van der Waals surface area contributed by atoms with Crippen LogP contribution >= 0.6 is 0 Å². The van der Waals surface area contributed by atoms with E-state index in [0.717, 1.165) is 66.9 Å². The Morgan fingerprint density at radius 1 is 0.545 bits per heavy atom. The van der Waals surface area contributed by atoms with Crippen LogP contribution in [0.1, 0.15) is 27.8 Å². The van der Waals surface area contributed by atoms with E-state index in [1.54, 1.807) is 0 Å². The molecule has 1 aliphatic rings. The lowest BCUT2D eigenvalue weighted by molar-refractivity contribution is 1.18. The van der Waals surface area contributed by atoms with Gasteiger partial charge in [-0.3, -0.25) is 5.41 Å². The Labute approximate surface area is 256 Å². The molecule has 8 rings (SSSR count). The zero-order valence-corrected chi connectivity index (χ0v) is 24.0. The lowest BCUT2D eigenvalue weighted by atomic mass is 9.87. The summed E-state index contributed by atoms with van der Waals surface area (Å²) >= 11 is 0. The predicted molar refractivity (Wildman–Crippen MR) is 185 cm³/mol. The van der Waals surface area contributed by atoms with Crippen LogP contribution in [0.4, 0.5) is 0 Å². The number of hydrogen-bond acceptors (Lipinski definition) is 2. The summed E-state index contributed by atoms with van der Waals surface area (Å²) in [6.45, 7) is 0. The SMILES string of the molecule is N=C(/C(=C1\NC(c2ccccc2)=Cc2ccccc21)c1ccc2c(c1)c1ccccc1n2-c1ccccc1)c1ccccc1. The fourth-order valence-electron chi connectivity index (χ4n) is 6.36. The molecule has 0 saturated carbocycles. The first-order valence-corrected chi connectivity index (χ1v) is 14.9. The van der Waals surface area contributed by atoms with E-state index in [2.05, 4.69) is 137 Å². The standard InChI is InChI=1S/C41H29N3/c42-40(29-16-6-2-7-17-29)39(41-33-21-11-10-18-30(33)27-36(43-41)28-14-4-1-5-15-28)31-24-25-38-35(26-31)34-22-12-13-23-37(34)44(38)32-19-8-3-9-20-32/h1-27,42-43H/b41-39-,42-40?. The van der Waals surface area contributed by atoms with Crippen LogP contribution in [0.15, 0.2) is 158 Å². The van der Waals surface area contributed by atoms with Crippen LogP contribution in [0.2, 0.25) is 0 Å². The highest BCUT2D eigenvalue weighted by Gasteiger charge is 2.24. The summed E-state index contributed by atoms with van der Waals surface area (Å²) in [5, 5.41) is 15.8. The zero-order valence-electron chi connectivity index (χ0n) is 24.0. The van der Waals surface area contributed by atoms with Crippen LogP contribution in [0.25, 0.3) is 50.5 Å². The molecule has 0 spiro atoms. The van der Waals surface area contributed by atoms with Crippen molar-refractivity contribution in [2.45, 2.75) is 0 Å². The van der Waals surface area contributed by atoms with Gasteiger partial charge in [0, 0.05) is 38.9 Å². The molecule has 0 bridgehead atoms. The van der Waals surface area contributed by atoms with Crippen molar-refractivity contribution in [3.05, 3.63) is 186 Å². The van der Waals surface area contributed by atoms with Crippen LogP contribution in [0, 0.1) is 5.41 Å². The number of nitrogens with one attached hydrogen (secondary N) is 2. The molecule has 7 aromatic rings. The summed E-state index contributed by atoms with van der Waals surface area (Å²) < 4.78 is 2.33. The lowest BCUT2D eigenvalue weighted by Crippen LogP contribution is -2.20. The van der Waals surface area contributed by atoms with Crippen molar-refractivity contribution >= 4 is 50.6 Å². The Morgan fingerprint density at radius 2 is 1.18 bits per heavy atom. The average Bonchev–Trinajstić information content (AvgIpc) is 3.43. The van der Waals surface area contributed by atoms with E-state index < -0.39 is 0 Å². The predicted octanol–water partition coefficient (Wildman–Crippen LogP) is 9.82. The van der Waals surface area contributed by atoms with E-state index in [0.29, 0.717) is 5.71 Å². The molecule has 3 nitrogen and oxygen atoms in total. The Balaban J connectivity index is 1.41. The molecule has 2 N–H and O–H groups in total. The third-order valence-electron chi connectivity index (χ3n) is 8.41. The Bertz CT molecular complexity index is 2240. The number of aromatic nitrogens is 1. The molecule has 0 unspecified atom stereocenters. The fraction of sp³-hybridized carbons (Fsp3) is 0. The van der Waals surface area contributed by atoms with Gasteiger partial charge in [0.2, 0.25) is 0 Å². The van der Waals surface area contributed by atoms with Gasteiger partial charge in [0.1, 0.15) is 0 Å². The van der Waals surface area contributed by atoms with Crippen molar-refractivity contribution in [1.29, 1.82) is 5.41 Å². The van der Waals surface area contributed by atoms with Crippen LogP contribution in [0.3, 0.4) is 0 Å². The van der Waals surface area contributed by atoms with Crippen LogP contribution in [0.5, 0.6) is 0 Å². The lowest BCUT2D eigenvalue weighted by Gasteiger charge is -2.26. The summed E-state index contributed by atoms with van der Waals surface area (Å²) in [5.41, 5.74) is 11.9. The second-order valence-electron chi connectivity index (χ2n) is 11.0. The molecule has 208 valence electrons. The fourth-order valence-corrected chi connectivity index (χ4v) is 6.36. The molecule has 6 aromatic carbocycles. The Morgan fingerprint density at radius 3 is 1.98 bits per heavy atom. The van der Waals surface area contributed by atoms with Gasteiger partial charge in [0.05, 0.1) is 22.4 Å². The molecular weight excluding hydrogens is 534 g/mol. The van der Waals surface area contributed by atoms with Gasteiger partial charge in [0.25, 0.3) is 0 Å². The van der Waals surface area contributed by atoms with Gasteiger partial charge in [0.15, 0.2) is 0 Å². The van der Waals surface area contributed by atoms with Gasteiger partial charge in [-0.05, 0) is 53.1 Å². The number of benzene rings is 6. The summed E-state index contributed by atoms with van der Waals surface area (Å²) in [6.07, 6.45) is 2.20. The largest absolute Gasteiger partial charge is 0.354 e. The molecule has 0 atom stereocenters. The molecule has 0 amide bonds. The van der Waals surface area contributed by atoms with Crippen molar-refractivity contribution in [3.8, 4) is 5.69 Å². The summed E-state index contributed by atoms with van der Waals surface area (Å²) in [7, 11) is 0. The van der Waals surface area contributed by atoms with Crippen molar-refractivity contribution in [2.75, 3.05) is 0 Å². The van der Waals surface area contributed by atoms with Gasteiger partial charge in [-0.25, -0.2) is 0 Å². The maximum atomic E-state index is 9.66. The second-order valence-corrected chi connectivity index (χ2v) is 11.0. The number of nitrogens with zero attached hydrogens (tertiary/aromatic N) is 1. The van der Waals surface area contributed by atoms with Crippen molar-refractivity contribution < 1.29 is 0 Å². The van der Waals surface area contributed by atoms with Gasteiger partial charge < -0.3 is 9.88 Å². The first-order chi connectivity index (χ1) is 21.8. The van der Waals surface area contributed by atoms with Crippen LogP contribution < -0.4 is 5.32 Å². The molecule has 0 fully saturated rings.